The number of fused-ring (bicyclic) bond motifs is 1. The van der Waals surface area contributed by atoms with Crippen LogP contribution in [0.1, 0.15) is 49.4 Å². The van der Waals surface area contributed by atoms with Crippen LogP contribution in [0, 0.1) is 20.8 Å². The second-order valence-corrected chi connectivity index (χ2v) is 9.02. The number of rotatable bonds is 6. The number of ether oxygens (including phenoxy) is 3. The fourth-order valence-corrected chi connectivity index (χ4v) is 4.00. The SMILES string of the molecule is COC(OC)C(OC(C)(C)C)c1c(C)nc2[nH]c(C)c(C)c2c1-c1ccc(Cl)cc1. The number of pyridine rings is 1. The number of H-pyrrole nitrogens is 1. The third-order valence-corrected chi connectivity index (χ3v) is 5.53. The molecule has 0 fully saturated rings. The maximum absolute atomic E-state index is 6.50. The van der Waals surface area contributed by atoms with E-state index in [-0.39, 0.29) is 0 Å². The third kappa shape index (κ3) is 4.40. The van der Waals surface area contributed by atoms with Gasteiger partial charge in [0.2, 0.25) is 0 Å². The molecule has 0 aliphatic carbocycles. The molecular formula is C24H31ClN2O3. The van der Waals surface area contributed by atoms with Gasteiger partial charge in [-0.1, -0.05) is 23.7 Å². The number of hydrogen-bond acceptors (Lipinski definition) is 4. The van der Waals surface area contributed by atoms with Gasteiger partial charge in [-0.2, -0.15) is 0 Å². The highest BCUT2D eigenvalue weighted by Gasteiger charge is 2.34. The van der Waals surface area contributed by atoms with Crippen molar-refractivity contribution in [3.63, 3.8) is 0 Å². The Morgan fingerprint density at radius 3 is 2.13 bits per heavy atom. The molecule has 0 radical (unpaired) electrons. The normalized spacial score (nSPS) is 13.4. The molecule has 6 heteroatoms. The fraction of sp³-hybridized carbons (Fsp3) is 0.458. The van der Waals surface area contributed by atoms with E-state index in [4.69, 9.17) is 30.8 Å². The highest BCUT2D eigenvalue weighted by atomic mass is 35.5. The van der Waals surface area contributed by atoms with Crippen LogP contribution >= 0.6 is 11.6 Å². The van der Waals surface area contributed by atoms with Crippen molar-refractivity contribution in [1.82, 2.24) is 9.97 Å². The van der Waals surface area contributed by atoms with Gasteiger partial charge in [0.25, 0.3) is 0 Å². The molecule has 1 N–H and O–H groups in total. The summed E-state index contributed by atoms with van der Waals surface area (Å²) in [6, 6.07) is 7.87. The first-order valence-electron chi connectivity index (χ1n) is 10.1. The molecule has 2 aromatic heterocycles. The quantitative estimate of drug-likeness (QED) is 0.467. The summed E-state index contributed by atoms with van der Waals surface area (Å²) >= 11 is 6.19. The first kappa shape index (κ1) is 22.8. The minimum atomic E-state index is -0.589. The molecule has 2 heterocycles. The van der Waals surface area contributed by atoms with Gasteiger partial charge < -0.3 is 19.2 Å². The number of aryl methyl sites for hydroxylation is 3. The van der Waals surface area contributed by atoms with Gasteiger partial charge >= 0.3 is 0 Å². The summed E-state index contributed by atoms with van der Waals surface area (Å²) in [5, 5.41) is 1.77. The molecule has 0 saturated carbocycles. The summed E-state index contributed by atoms with van der Waals surface area (Å²) in [4.78, 5) is 8.31. The van der Waals surface area contributed by atoms with E-state index in [1.54, 1.807) is 14.2 Å². The zero-order chi connectivity index (χ0) is 22.2. The topological polar surface area (TPSA) is 56.4 Å². The number of benzene rings is 1. The van der Waals surface area contributed by atoms with Crippen LogP contribution < -0.4 is 0 Å². The zero-order valence-electron chi connectivity index (χ0n) is 19.0. The Morgan fingerprint density at radius 2 is 1.60 bits per heavy atom. The average molecular weight is 431 g/mol. The molecule has 30 heavy (non-hydrogen) atoms. The van der Waals surface area contributed by atoms with Crippen molar-refractivity contribution in [1.29, 1.82) is 0 Å². The minimum absolute atomic E-state index is 0.415. The number of aromatic nitrogens is 2. The third-order valence-electron chi connectivity index (χ3n) is 5.28. The van der Waals surface area contributed by atoms with Crippen LogP contribution in [0.5, 0.6) is 0 Å². The van der Waals surface area contributed by atoms with Crippen LogP contribution in [0.2, 0.25) is 5.02 Å². The number of nitrogens with one attached hydrogen (secondary N) is 1. The van der Waals surface area contributed by atoms with Gasteiger partial charge in [-0.3, -0.25) is 0 Å². The second-order valence-electron chi connectivity index (χ2n) is 8.58. The monoisotopic (exact) mass is 430 g/mol. The van der Waals surface area contributed by atoms with Crippen LogP contribution in [-0.2, 0) is 14.2 Å². The van der Waals surface area contributed by atoms with E-state index < -0.39 is 18.0 Å². The van der Waals surface area contributed by atoms with Crippen LogP contribution in [0.4, 0.5) is 0 Å². The van der Waals surface area contributed by atoms with Crippen molar-refractivity contribution in [2.24, 2.45) is 0 Å². The average Bonchev–Trinajstić information content (AvgIpc) is 2.94. The van der Waals surface area contributed by atoms with E-state index in [0.29, 0.717) is 5.02 Å². The molecule has 0 amide bonds. The van der Waals surface area contributed by atoms with E-state index in [2.05, 4.69) is 18.8 Å². The molecule has 0 aliphatic rings. The largest absolute Gasteiger partial charge is 0.363 e. The van der Waals surface area contributed by atoms with Crippen LogP contribution in [-0.4, -0.2) is 36.1 Å². The molecule has 1 atom stereocenters. The predicted octanol–water partition coefficient (Wildman–Crippen LogP) is 6.28. The van der Waals surface area contributed by atoms with Crippen molar-refractivity contribution in [3.05, 3.63) is 51.8 Å². The molecule has 0 bridgehead atoms. The first-order valence-corrected chi connectivity index (χ1v) is 10.4. The molecule has 3 rings (SSSR count). The number of methoxy groups -OCH3 is 2. The number of aromatic amines is 1. The molecular weight excluding hydrogens is 400 g/mol. The standard InChI is InChI=1S/C24H31ClN2O3/c1-13-14(2)26-22-18(13)20(16-9-11-17(25)12-10-16)19(15(3)27-22)21(23(28-7)29-8)30-24(4,5)6/h9-12,21,23H,1-8H3,(H,26,27). The van der Waals surface area contributed by atoms with Crippen molar-refractivity contribution < 1.29 is 14.2 Å². The van der Waals surface area contributed by atoms with Gasteiger partial charge in [0.15, 0.2) is 6.29 Å². The van der Waals surface area contributed by atoms with Gasteiger partial charge in [0.1, 0.15) is 11.8 Å². The van der Waals surface area contributed by atoms with Crippen molar-refractivity contribution >= 4 is 22.6 Å². The first-order chi connectivity index (χ1) is 14.1. The van der Waals surface area contributed by atoms with Crippen molar-refractivity contribution in [2.45, 2.75) is 59.5 Å². The van der Waals surface area contributed by atoms with Gasteiger partial charge in [-0.15, -0.1) is 0 Å². The van der Waals surface area contributed by atoms with Crippen molar-refractivity contribution in [3.8, 4) is 11.1 Å². The molecule has 0 spiro atoms. The van der Waals surface area contributed by atoms with Gasteiger partial charge in [-0.05, 0) is 64.8 Å². The Morgan fingerprint density at radius 1 is 1.00 bits per heavy atom. The Labute approximate surface area is 183 Å². The van der Waals surface area contributed by atoms with E-state index in [9.17, 15) is 0 Å². The van der Waals surface area contributed by atoms with Gasteiger partial charge in [0, 0.05) is 47.1 Å². The highest BCUT2D eigenvalue weighted by Crippen LogP contribution is 2.42. The van der Waals surface area contributed by atoms with Crippen LogP contribution in [0.15, 0.2) is 24.3 Å². The lowest BCUT2D eigenvalue weighted by molar-refractivity contribution is -0.211. The highest BCUT2D eigenvalue weighted by molar-refractivity contribution is 6.30. The zero-order valence-corrected chi connectivity index (χ0v) is 19.8. The Kier molecular flexibility index (Phi) is 6.58. The maximum atomic E-state index is 6.50. The maximum Gasteiger partial charge on any atom is 0.187 e. The van der Waals surface area contributed by atoms with Crippen LogP contribution in [0.3, 0.4) is 0 Å². The van der Waals surface area contributed by atoms with Gasteiger partial charge in [0.05, 0.1) is 5.60 Å². The summed E-state index contributed by atoms with van der Waals surface area (Å²) < 4.78 is 17.8. The van der Waals surface area contributed by atoms with E-state index >= 15 is 0 Å². The second kappa shape index (κ2) is 8.67. The van der Waals surface area contributed by atoms with Crippen LogP contribution in [0.25, 0.3) is 22.2 Å². The predicted molar refractivity (Wildman–Crippen MR) is 122 cm³/mol. The van der Waals surface area contributed by atoms with E-state index in [0.717, 1.165) is 44.7 Å². The molecule has 5 nitrogen and oxygen atoms in total. The van der Waals surface area contributed by atoms with Gasteiger partial charge in [-0.25, -0.2) is 4.98 Å². The smallest absolute Gasteiger partial charge is 0.187 e. The lowest BCUT2D eigenvalue weighted by atomic mass is 9.90. The Bertz CT molecular complexity index is 1030. The molecule has 1 aromatic carbocycles. The minimum Gasteiger partial charge on any atom is -0.363 e. The number of halogens is 1. The van der Waals surface area contributed by atoms with E-state index in [1.807, 2.05) is 52.0 Å². The molecule has 162 valence electrons. The summed E-state index contributed by atoms with van der Waals surface area (Å²) in [7, 11) is 3.25. The molecule has 1 unspecified atom stereocenters. The Hall–Kier alpha value is -1.92. The summed E-state index contributed by atoms with van der Waals surface area (Å²) in [5.74, 6) is 0. The Balaban J connectivity index is 2.41. The summed E-state index contributed by atoms with van der Waals surface area (Å²) in [5.41, 5.74) is 6.61. The summed E-state index contributed by atoms with van der Waals surface area (Å²) in [6.45, 7) is 12.2. The van der Waals surface area contributed by atoms with E-state index in [1.165, 1.54) is 0 Å². The molecule has 0 aliphatic heterocycles. The molecule has 0 saturated heterocycles. The summed E-state index contributed by atoms with van der Waals surface area (Å²) in [6.07, 6.45) is -1.06. The number of hydrogen-bond donors (Lipinski definition) is 1. The lowest BCUT2D eigenvalue weighted by Crippen LogP contribution is -2.33. The van der Waals surface area contributed by atoms with Crippen molar-refractivity contribution in [2.75, 3.05) is 14.2 Å². The lowest BCUT2D eigenvalue weighted by Gasteiger charge is -2.34. The fourth-order valence-electron chi connectivity index (χ4n) is 3.87. The number of nitrogens with zero attached hydrogens (tertiary/aromatic N) is 1. The molecule has 3 aromatic rings.